The number of hydrogen-bond acceptors (Lipinski definition) is 3. The highest BCUT2D eigenvalue weighted by Crippen LogP contribution is 2.39. The first-order chi connectivity index (χ1) is 11.2. The molecular formula is C18H18N2O2S. The van der Waals surface area contributed by atoms with E-state index in [1.54, 1.807) is 0 Å². The summed E-state index contributed by atoms with van der Waals surface area (Å²) in [4.78, 5) is 25.9. The molecule has 4 rings (SSSR count). The van der Waals surface area contributed by atoms with Crippen molar-refractivity contribution in [3.05, 3.63) is 46.3 Å². The van der Waals surface area contributed by atoms with Gasteiger partial charge in [-0.25, -0.2) is 0 Å². The Hall–Kier alpha value is -2.14. The predicted octanol–water partition coefficient (Wildman–Crippen LogP) is 3.07. The molecule has 0 bridgehead atoms. The van der Waals surface area contributed by atoms with Crippen LogP contribution in [0.5, 0.6) is 0 Å². The van der Waals surface area contributed by atoms with E-state index in [2.05, 4.69) is 29.1 Å². The van der Waals surface area contributed by atoms with Crippen LogP contribution < -0.4 is 10.9 Å². The van der Waals surface area contributed by atoms with Crippen LogP contribution in [-0.4, -0.2) is 11.8 Å². The Bertz CT molecular complexity index is 777. The number of rotatable bonds is 2. The number of carbonyl (C=O) groups excluding carboxylic acids is 2. The van der Waals surface area contributed by atoms with E-state index in [0.717, 1.165) is 32.1 Å². The van der Waals surface area contributed by atoms with E-state index in [4.69, 9.17) is 0 Å². The van der Waals surface area contributed by atoms with E-state index in [9.17, 15) is 9.59 Å². The van der Waals surface area contributed by atoms with Crippen molar-refractivity contribution in [3.63, 3.8) is 0 Å². The minimum Gasteiger partial charge on any atom is -0.273 e. The maximum absolute atomic E-state index is 12.3. The zero-order valence-electron chi connectivity index (χ0n) is 12.7. The summed E-state index contributed by atoms with van der Waals surface area (Å²) in [6.45, 7) is 0. The molecule has 0 radical (unpaired) electrons. The number of nitrogens with one attached hydrogen (secondary N) is 2. The van der Waals surface area contributed by atoms with E-state index in [1.807, 2.05) is 12.1 Å². The van der Waals surface area contributed by atoms with Gasteiger partial charge in [0.25, 0.3) is 5.91 Å². The SMILES string of the molecule is O=C(NNC(=O)C1CCC1)c1cc2c(s1)-c1ccccc1CC2. The van der Waals surface area contributed by atoms with Crippen LogP contribution in [0.1, 0.15) is 40.1 Å². The van der Waals surface area contributed by atoms with Crippen molar-refractivity contribution in [3.8, 4) is 10.4 Å². The van der Waals surface area contributed by atoms with Gasteiger partial charge in [-0.15, -0.1) is 11.3 Å². The molecule has 2 amide bonds. The zero-order valence-corrected chi connectivity index (χ0v) is 13.5. The molecule has 1 saturated carbocycles. The lowest BCUT2D eigenvalue weighted by Gasteiger charge is -2.23. The van der Waals surface area contributed by atoms with Crippen molar-refractivity contribution >= 4 is 23.2 Å². The molecule has 2 aliphatic rings. The lowest BCUT2D eigenvalue weighted by molar-refractivity contribution is -0.128. The quantitative estimate of drug-likeness (QED) is 0.833. The summed E-state index contributed by atoms with van der Waals surface area (Å²) in [6, 6.07) is 10.3. The van der Waals surface area contributed by atoms with Crippen molar-refractivity contribution in [2.75, 3.05) is 0 Å². The van der Waals surface area contributed by atoms with Crippen LogP contribution in [0.15, 0.2) is 30.3 Å². The molecule has 1 heterocycles. The van der Waals surface area contributed by atoms with Gasteiger partial charge in [0.05, 0.1) is 4.88 Å². The molecule has 1 fully saturated rings. The van der Waals surface area contributed by atoms with Crippen LogP contribution in [0, 0.1) is 5.92 Å². The van der Waals surface area contributed by atoms with Crippen LogP contribution in [0.4, 0.5) is 0 Å². The van der Waals surface area contributed by atoms with Crippen LogP contribution in [0.25, 0.3) is 10.4 Å². The summed E-state index contributed by atoms with van der Waals surface area (Å²) < 4.78 is 0. The molecule has 0 unspecified atom stereocenters. The summed E-state index contributed by atoms with van der Waals surface area (Å²) in [7, 11) is 0. The predicted molar refractivity (Wildman–Crippen MR) is 90.1 cm³/mol. The van der Waals surface area contributed by atoms with Crippen LogP contribution in [-0.2, 0) is 17.6 Å². The number of hydrogen-bond donors (Lipinski definition) is 2. The van der Waals surface area contributed by atoms with Crippen molar-refractivity contribution in [2.24, 2.45) is 5.92 Å². The molecule has 1 aromatic heterocycles. The summed E-state index contributed by atoms with van der Waals surface area (Å²) in [5.41, 5.74) is 8.90. The third-order valence-electron chi connectivity index (χ3n) is 4.73. The van der Waals surface area contributed by atoms with Gasteiger partial charge in [0.2, 0.25) is 5.91 Å². The Morgan fingerprint density at radius 3 is 2.61 bits per heavy atom. The molecule has 1 aromatic carbocycles. The summed E-state index contributed by atoms with van der Waals surface area (Å²) >= 11 is 1.50. The first kappa shape index (κ1) is 14.5. The molecule has 0 spiro atoms. The molecule has 23 heavy (non-hydrogen) atoms. The number of benzene rings is 1. The molecule has 118 valence electrons. The fraction of sp³-hybridized carbons (Fsp3) is 0.333. The van der Waals surface area contributed by atoms with Gasteiger partial charge in [-0.05, 0) is 48.4 Å². The Labute approximate surface area is 138 Å². The van der Waals surface area contributed by atoms with Gasteiger partial charge in [0.1, 0.15) is 0 Å². The molecule has 4 nitrogen and oxygen atoms in total. The fourth-order valence-corrected chi connectivity index (χ4v) is 4.30. The molecular weight excluding hydrogens is 308 g/mol. The van der Waals surface area contributed by atoms with Crippen molar-refractivity contribution in [1.82, 2.24) is 10.9 Å². The lowest BCUT2D eigenvalue weighted by Crippen LogP contribution is -2.45. The first-order valence-electron chi connectivity index (χ1n) is 8.03. The second-order valence-corrected chi connectivity index (χ2v) is 7.25. The highest BCUT2D eigenvalue weighted by Gasteiger charge is 2.26. The van der Waals surface area contributed by atoms with E-state index in [-0.39, 0.29) is 17.7 Å². The van der Waals surface area contributed by atoms with Gasteiger partial charge in [-0.1, -0.05) is 30.7 Å². The van der Waals surface area contributed by atoms with Crippen LogP contribution >= 0.6 is 11.3 Å². The smallest absolute Gasteiger partial charge is 0.273 e. The van der Waals surface area contributed by atoms with Gasteiger partial charge < -0.3 is 0 Å². The third-order valence-corrected chi connectivity index (χ3v) is 5.94. The minimum absolute atomic E-state index is 0.0683. The molecule has 2 N–H and O–H groups in total. The van der Waals surface area contributed by atoms with Crippen LogP contribution in [0.3, 0.4) is 0 Å². The van der Waals surface area contributed by atoms with Gasteiger partial charge in [0, 0.05) is 10.8 Å². The van der Waals surface area contributed by atoms with Crippen LogP contribution in [0.2, 0.25) is 0 Å². The molecule has 5 heteroatoms. The number of carbonyl (C=O) groups is 2. The second-order valence-electron chi connectivity index (χ2n) is 6.19. The monoisotopic (exact) mass is 326 g/mol. The number of aryl methyl sites for hydroxylation is 2. The molecule has 0 saturated heterocycles. The Morgan fingerprint density at radius 1 is 1.04 bits per heavy atom. The second kappa shape index (κ2) is 5.81. The van der Waals surface area contributed by atoms with Crippen molar-refractivity contribution in [2.45, 2.75) is 32.1 Å². The standard InChI is InChI=1S/C18H18N2O2S/c21-17(12-5-3-6-12)19-20-18(22)15-10-13-9-8-11-4-1-2-7-14(11)16(13)23-15/h1-2,4,7,10,12H,3,5-6,8-9H2,(H,19,21)(H,20,22). The van der Waals surface area contributed by atoms with Gasteiger partial charge in [0.15, 0.2) is 0 Å². The number of fused-ring (bicyclic) bond motifs is 3. The summed E-state index contributed by atoms with van der Waals surface area (Å²) in [5.74, 6) is -0.232. The normalized spacial score (nSPS) is 16.0. The molecule has 0 aliphatic heterocycles. The van der Waals surface area contributed by atoms with Crippen molar-refractivity contribution < 1.29 is 9.59 Å². The van der Waals surface area contributed by atoms with Gasteiger partial charge >= 0.3 is 0 Å². The Kier molecular flexibility index (Phi) is 3.65. The van der Waals surface area contributed by atoms with Gasteiger partial charge in [-0.2, -0.15) is 0 Å². The number of hydrazine groups is 1. The molecule has 0 atom stereocenters. The highest BCUT2D eigenvalue weighted by atomic mass is 32.1. The van der Waals surface area contributed by atoms with E-state index in [1.165, 1.54) is 32.9 Å². The van der Waals surface area contributed by atoms with E-state index >= 15 is 0 Å². The minimum atomic E-state index is -0.227. The Morgan fingerprint density at radius 2 is 1.83 bits per heavy atom. The zero-order chi connectivity index (χ0) is 15.8. The van der Waals surface area contributed by atoms with Crippen molar-refractivity contribution in [1.29, 1.82) is 0 Å². The maximum atomic E-state index is 12.3. The lowest BCUT2D eigenvalue weighted by atomic mass is 9.85. The maximum Gasteiger partial charge on any atom is 0.279 e. The number of thiophene rings is 1. The number of amides is 2. The highest BCUT2D eigenvalue weighted by molar-refractivity contribution is 7.17. The Balaban J connectivity index is 1.49. The van der Waals surface area contributed by atoms with E-state index < -0.39 is 0 Å². The fourth-order valence-electron chi connectivity index (χ4n) is 3.14. The third kappa shape index (κ3) is 2.65. The molecule has 2 aromatic rings. The first-order valence-corrected chi connectivity index (χ1v) is 8.85. The average molecular weight is 326 g/mol. The topological polar surface area (TPSA) is 58.2 Å². The van der Waals surface area contributed by atoms with Gasteiger partial charge in [-0.3, -0.25) is 20.4 Å². The average Bonchev–Trinajstić information content (AvgIpc) is 2.95. The summed E-state index contributed by atoms with van der Waals surface area (Å²) in [6.07, 6.45) is 4.92. The summed E-state index contributed by atoms with van der Waals surface area (Å²) in [5, 5.41) is 0. The molecule has 2 aliphatic carbocycles. The largest absolute Gasteiger partial charge is 0.279 e. The van der Waals surface area contributed by atoms with E-state index in [0.29, 0.717) is 4.88 Å².